The Labute approximate surface area is 156 Å². The van der Waals surface area contributed by atoms with Crippen molar-refractivity contribution in [3.05, 3.63) is 35.4 Å². The van der Waals surface area contributed by atoms with Crippen LogP contribution in [0.4, 0.5) is 9.18 Å². The number of nitrogens with one attached hydrogen (secondary N) is 1. The van der Waals surface area contributed by atoms with Gasteiger partial charge in [-0.05, 0) is 45.9 Å². The fraction of sp³-hybridized carbons (Fsp3) is 0.444. The van der Waals surface area contributed by atoms with Crippen LogP contribution in [0.25, 0.3) is 6.08 Å². The first-order chi connectivity index (χ1) is 12.5. The molecule has 1 unspecified atom stereocenters. The summed E-state index contributed by atoms with van der Waals surface area (Å²) >= 11 is 0. The summed E-state index contributed by atoms with van der Waals surface area (Å²) in [6, 6.07) is 1.32. The molecule has 0 spiro atoms. The quantitative estimate of drug-likeness (QED) is 0.549. The summed E-state index contributed by atoms with van der Waals surface area (Å²) in [7, 11) is 0. The highest BCUT2D eigenvalue weighted by Crippen LogP contribution is 2.12. The lowest BCUT2D eigenvalue weighted by atomic mass is 10.1. The summed E-state index contributed by atoms with van der Waals surface area (Å²) in [6.45, 7) is 6.75. The number of hydrogen-bond donors (Lipinski definition) is 2. The van der Waals surface area contributed by atoms with Gasteiger partial charge in [0.05, 0.1) is 12.3 Å². The lowest BCUT2D eigenvalue weighted by molar-refractivity contribution is -0.145. The smallest absolute Gasteiger partial charge is 0.408 e. The number of carboxylic acids is 1. The Bertz CT molecular complexity index is 727. The summed E-state index contributed by atoms with van der Waals surface area (Å²) in [5.74, 6) is -2.67. The summed E-state index contributed by atoms with van der Waals surface area (Å²) in [5, 5.41) is 11.1. The van der Waals surface area contributed by atoms with Crippen LogP contribution in [0.15, 0.2) is 18.2 Å². The summed E-state index contributed by atoms with van der Waals surface area (Å²) in [4.78, 5) is 38.7. The minimum Gasteiger partial charge on any atom is -0.478 e. The van der Waals surface area contributed by atoms with Gasteiger partial charge in [-0.2, -0.15) is 0 Å². The fourth-order valence-corrected chi connectivity index (χ4v) is 1.98. The molecule has 9 heteroatoms. The Kier molecular flexibility index (Phi) is 7.89. The van der Waals surface area contributed by atoms with Gasteiger partial charge in [0.15, 0.2) is 0 Å². The molecule has 0 aromatic carbocycles. The number of hydrogen-bond acceptors (Lipinski definition) is 6. The zero-order chi connectivity index (χ0) is 20.6. The SMILES string of the molecule is CCOC(=O)C(Cc1ccc(F)c(/C=C/C(=O)O)n1)NC(=O)OC(C)(C)C. The lowest BCUT2D eigenvalue weighted by Gasteiger charge is -2.22. The largest absolute Gasteiger partial charge is 0.478 e. The molecule has 0 saturated carbocycles. The molecule has 27 heavy (non-hydrogen) atoms. The number of nitrogens with zero attached hydrogens (tertiary/aromatic N) is 1. The van der Waals surface area contributed by atoms with Crippen LogP contribution in [-0.4, -0.2) is 46.4 Å². The zero-order valence-corrected chi connectivity index (χ0v) is 15.6. The van der Waals surface area contributed by atoms with E-state index in [1.54, 1.807) is 27.7 Å². The summed E-state index contributed by atoms with van der Waals surface area (Å²) in [5.41, 5.74) is -0.697. The molecule has 0 bridgehead atoms. The zero-order valence-electron chi connectivity index (χ0n) is 15.6. The molecule has 1 atom stereocenters. The monoisotopic (exact) mass is 382 g/mol. The van der Waals surface area contributed by atoms with E-state index in [0.29, 0.717) is 0 Å². The third-order valence-electron chi connectivity index (χ3n) is 2.99. The minimum absolute atomic E-state index is 0.0910. The highest BCUT2D eigenvalue weighted by molar-refractivity contribution is 5.85. The number of carbonyl (C=O) groups is 3. The van der Waals surface area contributed by atoms with E-state index in [0.717, 1.165) is 18.2 Å². The van der Waals surface area contributed by atoms with Crippen LogP contribution in [0.2, 0.25) is 0 Å². The van der Waals surface area contributed by atoms with Crippen LogP contribution in [0.5, 0.6) is 0 Å². The third-order valence-corrected chi connectivity index (χ3v) is 2.99. The van der Waals surface area contributed by atoms with E-state index >= 15 is 0 Å². The first-order valence-corrected chi connectivity index (χ1v) is 8.24. The minimum atomic E-state index is -1.25. The van der Waals surface area contributed by atoms with Crippen LogP contribution >= 0.6 is 0 Å². The van der Waals surface area contributed by atoms with Crippen molar-refractivity contribution in [3.8, 4) is 0 Å². The molecule has 8 nitrogen and oxygen atoms in total. The van der Waals surface area contributed by atoms with Crippen molar-refractivity contribution in [2.24, 2.45) is 0 Å². The second-order valence-corrected chi connectivity index (χ2v) is 6.50. The summed E-state index contributed by atoms with van der Waals surface area (Å²) < 4.78 is 23.8. The lowest BCUT2D eigenvalue weighted by Crippen LogP contribution is -2.45. The Morgan fingerprint density at radius 3 is 2.56 bits per heavy atom. The number of halogens is 1. The molecule has 2 N–H and O–H groups in total. The first kappa shape index (κ1) is 22.1. The normalized spacial score (nSPS) is 12.5. The fourth-order valence-electron chi connectivity index (χ4n) is 1.98. The van der Waals surface area contributed by atoms with Gasteiger partial charge in [-0.15, -0.1) is 0 Å². The van der Waals surface area contributed by atoms with E-state index in [1.807, 2.05) is 0 Å². The number of carboxylic acid groups (broad SMARTS) is 1. The topological polar surface area (TPSA) is 115 Å². The second-order valence-electron chi connectivity index (χ2n) is 6.50. The highest BCUT2D eigenvalue weighted by Gasteiger charge is 2.26. The molecule has 1 amide bonds. The number of amides is 1. The molecule has 0 aliphatic carbocycles. The molecule has 0 fully saturated rings. The second kappa shape index (κ2) is 9.65. The molecular formula is C18H23FN2O6. The number of rotatable bonds is 7. The van der Waals surface area contributed by atoms with Gasteiger partial charge in [-0.3, -0.25) is 4.98 Å². The molecule has 1 rings (SSSR count). The van der Waals surface area contributed by atoms with E-state index < -0.39 is 35.5 Å². The van der Waals surface area contributed by atoms with Crippen molar-refractivity contribution in [2.75, 3.05) is 6.61 Å². The molecule has 148 valence electrons. The Morgan fingerprint density at radius 1 is 1.33 bits per heavy atom. The number of esters is 1. The molecule has 0 aliphatic rings. The number of alkyl carbamates (subject to hydrolysis) is 1. The predicted octanol–water partition coefficient (Wildman–Crippen LogP) is 2.32. The van der Waals surface area contributed by atoms with E-state index in [2.05, 4.69) is 10.3 Å². The van der Waals surface area contributed by atoms with Crippen LogP contribution in [0.1, 0.15) is 39.1 Å². The average molecular weight is 382 g/mol. The first-order valence-electron chi connectivity index (χ1n) is 8.24. The van der Waals surface area contributed by atoms with Crippen molar-refractivity contribution < 1.29 is 33.4 Å². The van der Waals surface area contributed by atoms with E-state index in [4.69, 9.17) is 14.6 Å². The van der Waals surface area contributed by atoms with Gasteiger partial charge in [0.25, 0.3) is 0 Å². The Balaban J connectivity index is 3.01. The van der Waals surface area contributed by atoms with Crippen molar-refractivity contribution in [1.29, 1.82) is 0 Å². The third kappa shape index (κ3) is 8.30. The molecule has 1 aromatic rings. The maximum absolute atomic E-state index is 13.7. The Hall–Kier alpha value is -2.97. The molecule has 0 radical (unpaired) electrons. The number of pyridine rings is 1. The van der Waals surface area contributed by atoms with Crippen LogP contribution in [-0.2, 0) is 25.5 Å². The van der Waals surface area contributed by atoms with Gasteiger partial charge in [-0.25, -0.2) is 18.8 Å². The van der Waals surface area contributed by atoms with Gasteiger partial charge in [0, 0.05) is 18.2 Å². The van der Waals surface area contributed by atoms with Crippen molar-refractivity contribution >= 4 is 24.1 Å². The average Bonchev–Trinajstić information content (AvgIpc) is 2.53. The van der Waals surface area contributed by atoms with Crippen molar-refractivity contribution in [1.82, 2.24) is 10.3 Å². The van der Waals surface area contributed by atoms with Gasteiger partial charge in [0.1, 0.15) is 17.5 Å². The maximum Gasteiger partial charge on any atom is 0.408 e. The predicted molar refractivity (Wildman–Crippen MR) is 94.4 cm³/mol. The Morgan fingerprint density at radius 2 is 2.00 bits per heavy atom. The van der Waals surface area contributed by atoms with Crippen LogP contribution in [0, 0.1) is 5.82 Å². The van der Waals surface area contributed by atoms with Crippen LogP contribution < -0.4 is 5.32 Å². The van der Waals surface area contributed by atoms with E-state index in [-0.39, 0.29) is 24.4 Å². The van der Waals surface area contributed by atoms with Gasteiger partial charge < -0.3 is 19.9 Å². The number of aromatic nitrogens is 1. The van der Waals surface area contributed by atoms with Crippen molar-refractivity contribution in [2.45, 2.75) is 45.8 Å². The van der Waals surface area contributed by atoms with Crippen molar-refractivity contribution in [3.63, 3.8) is 0 Å². The van der Waals surface area contributed by atoms with E-state index in [9.17, 15) is 18.8 Å². The number of carbonyl (C=O) groups excluding carboxylic acids is 2. The highest BCUT2D eigenvalue weighted by atomic mass is 19.1. The molecule has 0 aliphatic heterocycles. The van der Waals surface area contributed by atoms with Gasteiger partial charge >= 0.3 is 18.0 Å². The molecule has 0 saturated heterocycles. The van der Waals surface area contributed by atoms with Crippen LogP contribution in [0.3, 0.4) is 0 Å². The standard InChI is InChI=1S/C18H23FN2O6/c1-5-26-16(24)14(21-17(25)27-18(2,3)4)10-11-6-7-12(19)13(20-11)8-9-15(22)23/h6-9,14H,5,10H2,1-4H3,(H,21,25)(H,22,23)/b9-8+. The number of ether oxygens (including phenoxy) is 2. The summed E-state index contributed by atoms with van der Waals surface area (Å²) in [6.07, 6.45) is 0.846. The van der Waals surface area contributed by atoms with Gasteiger partial charge in [0.2, 0.25) is 0 Å². The van der Waals surface area contributed by atoms with E-state index in [1.165, 1.54) is 6.07 Å². The molecular weight excluding hydrogens is 359 g/mol. The van der Waals surface area contributed by atoms with Gasteiger partial charge in [-0.1, -0.05) is 0 Å². The molecule has 1 heterocycles. The number of aliphatic carboxylic acids is 1. The molecule has 1 aromatic heterocycles. The maximum atomic E-state index is 13.7.